The Labute approximate surface area is 79.8 Å². The topological polar surface area (TPSA) is 109 Å². The smallest absolute Gasteiger partial charge is 0.165 e. The van der Waals surface area contributed by atoms with Gasteiger partial charge in [-0.25, -0.2) is 19.6 Å². The molecule has 2 aromatic heterocycles. The van der Waals surface area contributed by atoms with Gasteiger partial charge in [0.15, 0.2) is 5.82 Å². The van der Waals surface area contributed by atoms with E-state index in [1.807, 2.05) is 0 Å². The van der Waals surface area contributed by atoms with Crippen molar-refractivity contribution in [2.75, 3.05) is 11.5 Å². The summed E-state index contributed by atoms with van der Waals surface area (Å²) < 4.78 is 1.56. The molecule has 0 saturated carbocycles. The van der Waals surface area contributed by atoms with Crippen LogP contribution in [0, 0.1) is 0 Å². The predicted molar refractivity (Wildman–Crippen MR) is 50.9 cm³/mol. The molecule has 2 rings (SSSR count). The van der Waals surface area contributed by atoms with Crippen molar-refractivity contribution in [1.82, 2.24) is 24.7 Å². The zero-order valence-electron chi connectivity index (χ0n) is 7.55. The third-order valence-electron chi connectivity index (χ3n) is 1.84. The Bertz CT molecular complexity index is 441. The molecule has 0 radical (unpaired) electrons. The quantitative estimate of drug-likeness (QED) is 0.625. The zero-order chi connectivity index (χ0) is 10.1. The molecule has 4 N–H and O–H groups in total. The van der Waals surface area contributed by atoms with Crippen molar-refractivity contribution >= 4 is 11.6 Å². The van der Waals surface area contributed by atoms with E-state index in [4.69, 9.17) is 11.5 Å². The summed E-state index contributed by atoms with van der Waals surface area (Å²) in [5.41, 5.74) is 11.9. The minimum atomic E-state index is 0.300. The van der Waals surface area contributed by atoms with Crippen LogP contribution in [0.15, 0.2) is 12.7 Å². The number of anilines is 2. The second-order valence-electron chi connectivity index (χ2n) is 2.73. The number of aromatic nitrogens is 5. The van der Waals surface area contributed by atoms with E-state index in [2.05, 4.69) is 20.1 Å². The van der Waals surface area contributed by atoms with Gasteiger partial charge in [0.05, 0.1) is 0 Å². The van der Waals surface area contributed by atoms with Gasteiger partial charge in [-0.2, -0.15) is 5.10 Å². The highest BCUT2D eigenvalue weighted by atomic mass is 15.3. The summed E-state index contributed by atoms with van der Waals surface area (Å²) in [5, 5.41) is 3.91. The predicted octanol–water partition coefficient (Wildman–Crippen LogP) is -0.564. The first-order valence-corrected chi connectivity index (χ1v) is 3.90. The molecule has 0 aromatic carbocycles. The van der Waals surface area contributed by atoms with E-state index < -0.39 is 0 Å². The van der Waals surface area contributed by atoms with Gasteiger partial charge in [0, 0.05) is 7.05 Å². The molecular formula is C7H9N7. The van der Waals surface area contributed by atoms with Crippen molar-refractivity contribution in [3.8, 4) is 11.4 Å². The summed E-state index contributed by atoms with van der Waals surface area (Å²) in [5.74, 6) is 1.16. The first-order chi connectivity index (χ1) is 6.70. The lowest BCUT2D eigenvalue weighted by atomic mass is 10.2. The Morgan fingerprint density at radius 3 is 2.21 bits per heavy atom. The highest BCUT2D eigenvalue weighted by Gasteiger charge is 2.13. The van der Waals surface area contributed by atoms with E-state index in [-0.39, 0.29) is 0 Å². The van der Waals surface area contributed by atoms with Crippen LogP contribution in [-0.2, 0) is 7.05 Å². The van der Waals surface area contributed by atoms with E-state index in [9.17, 15) is 0 Å². The number of rotatable bonds is 1. The summed E-state index contributed by atoms with van der Waals surface area (Å²) in [4.78, 5) is 11.7. The summed E-state index contributed by atoms with van der Waals surface area (Å²) >= 11 is 0. The molecule has 0 fully saturated rings. The van der Waals surface area contributed by atoms with Gasteiger partial charge >= 0.3 is 0 Å². The van der Waals surface area contributed by atoms with Crippen LogP contribution in [0.2, 0.25) is 0 Å². The third-order valence-corrected chi connectivity index (χ3v) is 1.84. The molecule has 0 spiro atoms. The molecule has 2 heterocycles. The highest BCUT2D eigenvalue weighted by molar-refractivity contribution is 5.77. The number of hydrogen-bond acceptors (Lipinski definition) is 6. The SMILES string of the molecule is Cn1ncnc1-c1c(N)ncnc1N. The molecular weight excluding hydrogens is 182 g/mol. The number of aryl methyl sites for hydroxylation is 1. The van der Waals surface area contributed by atoms with E-state index >= 15 is 0 Å². The van der Waals surface area contributed by atoms with Gasteiger partial charge in [-0.3, -0.25) is 0 Å². The standard InChI is InChI=1S/C7H9N7/c1-14-7(12-3-13-14)4-5(8)10-2-11-6(4)9/h2-3H,1H3,(H4,8,9,10,11). The summed E-state index contributed by atoms with van der Waals surface area (Å²) in [6, 6.07) is 0. The average molecular weight is 191 g/mol. The highest BCUT2D eigenvalue weighted by Crippen LogP contribution is 2.25. The summed E-state index contributed by atoms with van der Waals surface area (Å²) in [7, 11) is 1.74. The van der Waals surface area contributed by atoms with Crippen LogP contribution in [0.5, 0.6) is 0 Å². The Morgan fingerprint density at radius 1 is 1.07 bits per heavy atom. The Morgan fingerprint density at radius 2 is 1.71 bits per heavy atom. The Hall–Kier alpha value is -2.18. The molecule has 72 valence electrons. The monoisotopic (exact) mass is 191 g/mol. The van der Waals surface area contributed by atoms with Gasteiger partial charge in [0.25, 0.3) is 0 Å². The first-order valence-electron chi connectivity index (χ1n) is 3.90. The summed E-state index contributed by atoms with van der Waals surface area (Å²) in [6.07, 6.45) is 2.73. The van der Waals surface area contributed by atoms with Crippen LogP contribution >= 0.6 is 0 Å². The van der Waals surface area contributed by atoms with Crippen molar-refractivity contribution in [3.05, 3.63) is 12.7 Å². The minimum Gasteiger partial charge on any atom is -0.383 e. The van der Waals surface area contributed by atoms with Gasteiger partial charge in [-0.1, -0.05) is 0 Å². The molecule has 0 aliphatic rings. The molecule has 0 aliphatic heterocycles. The fourth-order valence-electron chi connectivity index (χ4n) is 1.17. The van der Waals surface area contributed by atoms with Gasteiger partial charge in [0.2, 0.25) is 0 Å². The molecule has 0 bridgehead atoms. The number of nitrogens with zero attached hydrogens (tertiary/aromatic N) is 5. The third kappa shape index (κ3) is 1.15. The largest absolute Gasteiger partial charge is 0.383 e. The van der Waals surface area contributed by atoms with Crippen LogP contribution in [0.3, 0.4) is 0 Å². The molecule has 2 aromatic rings. The van der Waals surface area contributed by atoms with Gasteiger partial charge in [0.1, 0.15) is 29.9 Å². The number of nitrogen functional groups attached to an aromatic ring is 2. The summed E-state index contributed by atoms with van der Waals surface area (Å²) in [6.45, 7) is 0. The maximum atomic E-state index is 5.67. The average Bonchev–Trinajstić information content (AvgIpc) is 2.52. The van der Waals surface area contributed by atoms with Crippen LogP contribution in [0.25, 0.3) is 11.4 Å². The van der Waals surface area contributed by atoms with Crippen molar-refractivity contribution in [2.45, 2.75) is 0 Å². The van der Waals surface area contributed by atoms with E-state index in [0.717, 1.165) is 0 Å². The maximum Gasteiger partial charge on any atom is 0.165 e. The maximum absolute atomic E-state index is 5.67. The van der Waals surface area contributed by atoms with Crippen molar-refractivity contribution in [2.24, 2.45) is 7.05 Å². The molecule has 7 nitrogen and oxygen atoms in total. The van der Waals surface area contributed by atoms with Crippen molar-refractivity contribution in [3.63, 3.8) is 0 Å². The van der Waals surface area contributed by atoms with E-state index in [1.165, 1.54) is 12.7 Å². The van der Waals surface area contributed by atoms with Crippen molar-refractivity contribution in [1.29, 1.82) is 0 Å². The molecule has 14 heavy (non-hydrogen) atoms. The lowest BCUT2D eigenvalue weighted by molar-refractivity contribution is 0.774. The van der Waals surface area contributed by atoms with Crippen molar-refractivity contribution < 1.29 is 0 Å². The van der Waals surface area contributed by atoms with Gasteiger partial charge in [-0.05, 0) is 0 Å². The lowest BCUT2D eigenvalue weighted by Gasteiger charge is -2.05. The second-order valence-corrected chi connectivity index (χ2v) is 2.73. The fourth-order valence-corrected chi connectivity index (χ4v) is 1.17. The Balaban J connectivity index is 2.68. The molecule has 0 unspecified atom stereocenters. The number of nitrogens with two attached hydrogens (primary N) is 2. The van der Waals surface area contributed by atoms with Crippen LogP contribution < -0.4 is 11.5 Å². The van der Waals surface area contributed by atoms with Gasteiger partial charge < -0.3 is 11.5 Å². The van der Waals surface area contributed by atoms with E-state index in [0.29, 0.717) is 23.0 Å². The fraction of sp³-hybridized carbons (Fsp3) is 0.143. The van der Waals surface area contributed by atoms with Crippen LogP contribution in [0.4, 0.5) is 11.6 Å². The molecule has 0 saturated heterocycles. The Kier molecular flexibility index (Phi) is 1.77. The molecule has 7 heteroatoms. The minimum absolute atomic E-state index is 0.300. The number of hydrogen-bond donors (Lipinski definition) is 2. The first kappa shape index (κ1) is 8.42. The van der Waals surface area contributed by atoms with E-state index in [1.54, 1.807) is 11.7 Å². The van der Waals surface area contributed by atoms with Gasteiger partial charge in [-0.15, -0.1) is 0 Å². The van der Waals surface area contributed by atoms with Crippen LogP contribution in [0.1, 0.15) is 0 Å². The van der Waals surface area contributed by atoms with Crippen LogP contribution in [-0.4, -0.2) is 24.7 Å². The molecule has 0 atom stereocenters. The second kappa shape index (κ2) is 2.95. The molecule has 0 amide bonds. The zero-order valence-corrected chi connectivity index (χ0v) is 7.55. The molecule has 0 aliphatic carbocycles. The normalized spacial score (nSPS) is 10.4. The lowest BCUT2D eigenvalue weighted by Crippen LogP contribution is -2.05.